The van der Waals surface area contributed by atoms with E-state index in [-0.39, 0.29) is 6.10 Å². The van der Waals surface area contributed by atoms with Crippen LogP contribution in [0.4, 0.5) is 4.79 Å². The number of aliphatic carboxylic acids is 1. The fourth-order valence-corrected chi connectivity index (χ4v) is 2.58. The largest absolute Gasteiger partial charge is 0.479 e. The summed E-state index contributed by atoms with van der Waals surface area (Å²) in [5.41, 5.74) is -1.84. The van der Waals surface area contributed by atoms with Crippen LogP contribution in [0.1, 0.15) is 53.9 Å². The molecule has 0 bridgehead atoms. The highest BCUT2D eigenvalue weighted by Crippen LogP contribution is 2.41. The standard InChI is InChI=1S/C15H27NO5/c1-6-8-16(13(19)21-14(3,4)5)15(12(17)18)9-11(10-15)20-7-2/h11H,6-10H2,1-5H3,(H,17,18). The molecule has 0 unspecified atom stereocenters. The molecule has 6 heteroatoms. The van der Waals surface area contributed by atoms with Crippen LogP contribution < -0.4 is 0 Å². The zero-order valence-electron chi connectivity index (χ0n) is 13.6. The number of amides is 1. The average molecular weight is 301 g/mol. The number of carbonyl (C=O) groups excluding carboxylic acids is 1. The summed E-state index contributed by atoms with van der Waals surface area (Å²) in [5.74, 6) is -0.988. The van der Waals surface area contributed by atoms with Crippen molar-refractivity contribution < 1.29 is 24.2 Å². The minimum absolute atomic E-state index is 0.104. The smallest absolute Gasteiger partial charge is 0.411 e. The maximum Gasteiger partial charge on any atom is 0.411 e. The lowest BCUT2D eigenvalue weighted by Gasteiger charge is -2.50. The zero-order valence-corrected chi connectivity index (χ0v) is 13.6. The van der Waals surface area contributed by atoms with E-state index in [9.17, 15) is 14.7 Å². The van der Waals surface area contributed by atoms with Crippen LogP contribution in [0.15, 0.2) is 0 Å². The number of carboxylic acid groups (broad SMARTS) is 1. The Hall–Kier alpha value is -1.30. The lowest BCUT2D eigenvalue weighted by Crippen LogP contribution is -2.66. The number of nitrogens with zero attached hydrogens (tertiary/aromatic N) is 1. The third-order valence-corrected chi connectivity index (χ3v) is 3.51. The zero-order chi connectivity index (χ0) is 16.3. The summed E-state index contributed by atoms with van der Waals surface area (Å²) in [6.07, 6.45) is 0.632. The molecular formula is C15H27NO5. The molecule has 1 saturated carbocycles. The van der Waals surface area contributed by atoms with E-state index in [1.54, 1.807) is 20.8 Å². The molecule has 1 aliphatic rings. The van der Waals surface area contributed by atoms with Crippen molar-refractivity contribution in [2.24, 2.45) is 0 Å². The second-order valence-corrected chi connectivity index (χ2v) is 6.45. The first-order valence-corrected chi connectivity index (χ1v) is 7.52. The minimum atomic E-state index is -1.20. The van der Waals surface area contributed by atoms with Crippen molar-refractivity contribution in [3.8, 4) is 0 Å². The maximum atomic E-state index is 12.4. The van der Waals surface area contributed by atoms with Gasteiger partial charge in [0.2, 0.25) is 0 Å². The van der Waals surface area contributed by atoms with E-state index in [1.165, 1.54) is 4.90 Å². The number of ether oxygens (including phenoxy) is 2. The molecule has 0 aromatic rings. The number of hydrogen-bond acceptors (Lipinski definition) is 4. The first kappa shape index (κ1) is 17.8. The van der Waals surface area contributed by atoms with Gasteiger partial charge in [-0.1, -0.05) is 6.92 Å². The summed E-state index contributed by atoms with van der Waals surface area (Å²) < 4.78 is 10.8. The minimum Gasteiger partial charge on any atom is -0.479 e. The van der Waals surface area contributed by atoms with E-state index in [0.29, 0.717) is 32.4 Å². The molecule has 1 N–H and O–H groups in total. The van der Waals surface area contributed by atoms with Gasteiger partial charge in [0.05, 0.1) is 6.10 Å². The molecule has 0 aromatic heterocycles. The first-order valence-electron chi connectivity index (χ1n) is 7.52. The predicted octanol–water partition coefficient (Wildman–Crippen LogP) is 2.66. The molecule has 0 aliphatic heterocycles. The molecule has 1 fully saturated rings. The van der Waals surface area contributed by atoms with Gasteiger partial charge < -0.3 is 14.6 Å². The van der Waals surface area contributed by atoms with Crippen molar-refractivity contribution in [1.29, 1.82) is 0 Å². The first-order chi connectivity index (χ1) is 9.66. The van der Waals surface area contributed by atoms with Gasteiger partial charge in [-0.15, -0.1) is 0 Å². The SMILES string of the molecule is CCCN(C(=O)OC(C)(C)C)C1(C(=O)O)CC(OCC)C1. The van der Waals surface area contributed by atoms with Crippen LogP contribution in [0.5, 0.6) is 0 Å². The summed E-state index contributed by atoms with van der Waals surface area (Å²) in [4.78, 5) is 25.4. The van der Waals surface area contributed by atoms with Gasteiger partial charge in [-0.2, -0.15) is 0 Å². The molecule has 21 heavy (non-hydrogen) atoms. The van der Waals surface area contributed by atoms with Crippen LogP contribution >= 0.6 is 0 Å². The van der Waals surface area contributed by atoms with Crippen molar-refractivity contribution in [3.05, 3.63) is 0 Å². The van der Waals surface area contributed by atoms with Crippen molar-refractivity contribution in [2.75, 3.05) is 13.2 Å². The molecule has 0 radical (unpaired) electrons. The number of carbonyl (C=O) groups is 2. The summed E-state index contributed by atoms with van der Waals surface area (Å²) in [5, 5.41) is 9.61. The van der Waals surface area contributed by atoms with Gasteiger partial charge >= 0.3 is 12.1 Å². The third-order valence-electron chi connectivity index (χ3n) is 3.51. The van der Waals surface area contributed by atoms with E-state index in [2.05, 4.69) is 0 Å². The van der Waals surface area contributed by atoms with E-state index < -0.39 is 23.2 Å². The average Bonchev–Trinajstić information content (AvgIpc) is 2.28. The molecule has 6 nitrogen and oxygen atoms in total. The topological polar surface area (TPSA) is 76.1 Å². The summed E-state index contributed by atoms with van der Waals surface area (Å²) >= 11 is 0. The Kier molecular flexibility index (Phi) is 5.61. The highest BCUT2D eigenvalue weighted by molar-refractivity contribution is 5.86. The highest BCUT2D eigenvalue weighted by Gasteiger charge is 2.57. The van der Waals surface area contributed by atoms with Gasteiger partial charge in [-0.3, -0.25) is 4.90 Å². The molecule has 122 valence electrons. The van der Waals surface area contributed by atoms with Crippen LogP contribution in [-0.2, 0) is 14.3 Å². The number of carboxylic acids is 1. The summed E-state index contributed by atoms with van der Waals surface area (Å²) in [7, 11) is 0. The fourth-order valence-electron chi connectivity index (χ4n) is 2.58. The fraction of sp³-hybridized carbons (Fsp3) is 0.867. The van der Waals surface area contributed by atoms with Gasteiger partial charge in [0.25, 0.3) is 0 Å². The highest BCUT2D eigenvalue weighted by atomic mass is 16.6. The molecule has 0 spiro atoms. The van der Waals surface area contributed by atoms with Crippen LogP contribution in [0.3, 0.4) is 0 Å². The molecule has 0 saturated heterocycles. The number of hydrogen-bond donors (Lipinski definition) is 1. The monoisotopic (exact) mass is 301 g/mol. The Balaban J connectivity index is 2.90. The van der Waals surface area contributed by atoms with Crippen molar-refractivity contribution in [1.82, 2.24) is 4.90 Å². The lowest BCUT2D eigenvalue weighted by atomic mass is 9.72. The quantitative estimate of drug-likeness (QED) is 0.816. The normalized spacial score (nSPS) is 25.1. The van der Waals surface area contributed by atoms with Crippen molar-refractivity contribution in [2.45, 2.75) is 71.1 Å². The molecule has 1 aliphatic carbocycles. The summed E-state index contributed by atoms with van der Waals surface area (Å²) in [6.45, 7) is 10.00. The molecule has 0 atom stereocenters. The van der Waals surface area contributed by atoms with E-state index in [0.717, 1.165) is 0 Å². The van der Waals surface area contributed by atoms with Gasteiger partial charge in [-0.25, -0.2) is 9.59 Å². The second-order valence-electron chi connectivity index (χ2n) is 6.45. The van der Waals surface area contributed by atoms with Gasteiger partial charge in [0.15, 0.2) is 0 Å². The Morgan fingerprint density at radius 1 is 1.29 bits per heavy atom. The Bertz CT molecular complexity index is 382. The molecule has 0 heterocycles. The second kappa shape index (κ2) is 6.64. The van der Waals surface area contributed by atoms with Gasteiger partial charge in [-0.05, 0) is 34.1 Å². The number of rotatable bonds is 6. The Morgan fingerprint density at radius 3 is 2.24 bits per heavy atom. The third kappa shape index (κ3) is 4.09. The van der Waals surface area contributed by atoms with E-state index in [4.69, 9.17) is 9.47 Å². The summed E-state index contributed by atoms with van der Waals surface area (Å²) in [6, 6.07) is 0. The van der Waals surface area contributed by atoms with Crippen LogP contribution in [0, 0.1) is 0 Å². The molecule has 1 amide bonds. The lowest BCUT2D eigenvalue weighted by molar-refractivity contribution is -0.171. The van der Waals surface area contributed by atoms with Crippen LogP contribution in [0.2, 0.25) is 0 Å². The van der Waals surface area contributed by atoms with Crippen molar-refractivity contribution in [3.63, 3.8) is 0 Å². The maximum absolute atomic E-state index is 12.4. The molecular weight excluding hydrogens is 274 g/mol. The van der Waals surface area contributed by atoms with Gasteiger partial charge in [0.1, 0.15) is 11.1 Å². The van der Waals surface area contributed by atoms with E-state index in [1.807, 2.05) is 13.8 Å². The predicted molar refractivity (Wildman–Crippen MR) is 78.2 cm³/mol. The van der Waals surface area contributed by atoms with Crippen LogP contribution in [0.25, 0.3) is 0 Å². The Morgan fingerprint density at radius 2 is 1.86 bits per heavy atom. The Labute approximate surface area is 126 Å². The van der Waals surface area contributed by atoms with Crippen molar-refractivity contribution >= 4 is 12.1 Å². The molecule has 1 rings (SSSR count). The van der Waals surface area contributed by atoms with Crippen LogP contribution in [-0.4, -0.2) is 52.5 Å². The van der Waals surface area contributed by atoms with Gasteiger partial charge in [0, 0.05) is 26.0 Å². The molecule has 0 aromatic carbocycles. The van der Waals surface area contributed by atoms with E-state index >= 15 is 0 Å².